The Morgan fingerprint density at radius 3 is 2.10 bits per heavy atom. The highest BCUT2D eigenvalue weighted by atomic mass is 16.7. The van der Waals surface area contributed by atoms with Crippen LogP contribution in [0.1, 0.15) is 27.4 Å². The van der Waals surface area contributed by atoms with Gasteiger partial charge in [-0.25, -0.2) is 9.59 Å². The van der Waals surface area contributed by atoms with E-state index in [0.717, 1.165) is 28.3 Å². The third-order valence-corrected chi connectivity index (χ3v) is 4.94. The van der Waals surface area contributed by atoms with Gasteiger partial charge >= 0.3 is 17.8 Å². The van der Waals surface area contributed by atoms with Crippen molar-refractivity contribution in [3.8, 4) is 16.9 Å². The van der Waals surface area contributed by atoms with Crippen molar-refractivity contribution in [1.29, 1.82) is 0 Å². The first-order chi connectivity index (χ1) is 14.5. The van der Waals surface area contributed by atoms with Crippen LogP contribution in [0.15, 0.2) is 66.7 Å². The molecule has 8 nitrogen and oxygen atoms in total. The van der Waals surface area contributed by atoms with Gasteiger partial charge in [-0.2, -0.15) is 0 Å². The Hall–Kier alpha value is -4.20. The van der Waals surface area contributed by atoms with Crippen LogP contribution in [0.4, 0.5) is 10.5 Å². The number of para-hydroxylation sites is 1. The van der Waals surface area contributed by atoms with Crippen molar-refractivity contribution in [2.45, 2.75) is 5.92 Å². The van der Waals surface area contributed by atoms with Crippen molar-refractivity contribution in [2.24, 2.45) is 0 Å². The molecule has 0 heterocycles. The molecule has 0 amide bonds. The fourth-order valence-corrected chi connectivity index (χ4v) is 3.73. The van der Waals surface area contributed by atoms with E-state index in [1.54, 1.807) is 0 Å². The van der Waals surface area contributed by atoms with E-state index >= 15 is 0 Å². The summed E-state index contributed by atoms with van der Waals surface area (Å²) in [5, 5.41) is 20.2. The Morgan fingerprint density at radius 1 is 0.933 bits per heavy atom. The van der Waals surface area contributed by atoms with Crippen molar-refractivity contribution in [3.05, 3.63) is 93.5 Å². The fraction of sp³-hybridized carbons (Fsp3) is 0.0909. The molecule has 3 aromatic carbocycles. The summed E-state index contributed by atoms with van der Waals surface area (Å²) in [6, 6.07) is 19.2. The molecule has 0 radical (unpaired) electrons. The lowest BCUT2D eigenvalue weighted by Crippen LogP contribution is -2.15. The maximum Gasteiger partial charge on any atom is 0.511 e. The molecule has 0 unspecified atom stereocenters. The SMILES string of the molecule is O=C(O)Oc1cccc(C(=O)OCC2c3ccccc3-c3ccccc32)c1[N+](=O)[O-]. The summed E-state index contributed by atoms with van der Waals surface area (Å²) >= 11 is 0. The lowest BCUT2D eigenvalue weighted by atomic mass is 9.98. The van der Waals surface area contributed by atoms with Gasteiger partial charge in [0.05, 0.1) is 4.92 Å². The zero-order chi connectivity index (χ0) is 21.3. The van der Waals surface area contributed by atoms with Crippen LogP contribution in [0.25, 0.3) is 11.1 Å². The van der Waals surface area contributed by atoms with Gasteiger partial charge in [-0.1, -0.05) is 54.6 Å². The summed E-state index contributed by atoms with van der Waals surface area (Å²) in [5.74, 6) is -1.68. The van der Waals surface area contributed by atoms with E-state index in [9.17, 15) is 19.7 Å². The van der Waals surface area contributed by atoms with Gasteiger partial charge in [-0.3, -0.25) is 10.1 Å². The molecule has 4 rings (SSSR count). The highest BCUT2D eigenvalue weighted by Crippen LogP contribution is 2.44. The normalized spacial score (nSPS) is 12.0. The minimum atomic E-state index is -1.72. The summed E-state index contributed by atoms with van der Waals surface area (Å²) in [7, 11) is 0. The average molecular weight is 405 g/mol. The van der Waals surface area contributed by atoms with Gasteiger partial charge in [-0.15, -0.1) is 0 Å². The molecule has 150 valence electrons. The first kappa shape index (κ1) is 19.1. The molecule has 0 aromatic heterocycles. The lowest BCUT2D eigenvalue weighted by molar-refractivity contribution is -0.386. The van der Waals surface area contributed by atoms with Crippen LogP contribution in [0, 0.1) is 10.1 Å². The van der Waals surface area contributed by atoms with Crippen LogP contribution < -0.4 is 4.74 Å². The zero-order valence-electron chi connectivity index (χ0n) is 15.5. The number of ether oxygens (including phenoxy) is 2. The first-order valence-electron chi connectivity index (χ1n) is 9.01. The Bertz CT molecular complexity index is 1130. The summed E-state index contributed by atoms with van der Waals surface area (Å²) in [5.41, 5.74) is 2.98. The Kier molecular flexibility index (Phi) is 4.89. The smallest absolute Gasteiger partial charge is 0.461 e. The second-order valence-electron chi connectivity index (χ2n) is 6.60. The number of nitrogens with zero attached hydrogens (tertiary/aromatic N) is 1. The number of nitro groups is 1. The van der Waals surface area contributed by atoms with Crippen LogP contribution in [-0.2, 0) is 4.74 Å². The largest absolute Gasteiger partial charge is 0.511 e. The van der Waals surface area contributed by atoms with Crippen molar-refractivity contribution < 1.29 is 29.1 Å². The van der Waals surface area contributed by atoms with Crippen molar-refractivity contribution in [1.82, 2.24) is 0 Å². The van der Waals surface area contributed by atoms with Crippen LogP contribution in [0.3, 0.4) is 0 Å². The molecule has 0 spiro atoms. The Balaban J connectivity index is 1.62. The molecule has 0 saturated carbocycles. The third-order valence-electron chi connectivity index (χ3n) is 4.94. The molecular weight excluding hydrogens is 390 g/mol. The highest BCUT2D eigenvalue weighted by Gasteiger charge is 2.32. The monoisotopic (exact) mass is 405 g/mol. The first-order valence-corrected chi connectivity index (χ1v) is 9.01. The van der Waals surface area contributed by atoms with E-state index in [2.05, 4.69) is 4.74 Å². The van der Waals surface area contributed by atoms with Gasteiger partial charge in [0, 0.05) is 5.92 Å². The Labute approximate surface area is 170 Å². The number of rotatable bonds is 5. The predicted octanol–water partition coefficient (Wildman–Crippen LogP) is 4.62. The van der Waals surface area contributed by atoms with Gasteiger partial charge in [0.25, 0.3) is 0 Å². The number of carbonyl (C=O) groups is 2. The number of hydrogen-bond acceptors (Lipinski definition) is 6. The number of benzene rings is 3. The van der Waals surface area contributed by atoms with E-state index in [-0.39, 0.29) is 18.1 Å². The number of esters is 1. The van der Waals surface area contributed by atoms with Crippen molar-refractivity contribution in [3.63, 3.8) is 0 Å². The van der Waals surface area contributed by atoms with Gasteiger partial charge in [-0.05, 0) is 34.4 Å². The number of carbonyl (C=O) groups excluding carboxylic acids is 1. The van der Waals surface area contributed by atoms with Gasteiger partial charge in [0.1, 0.15) is 12.2 Å². The molecule has 1 aliphatic rings. The summed E-state index contributed by atoms with van der Waals surface area (Å²) in [6.45, 7) is -0.0198. The maximum absolute atomic E-state index is 12.7. The van der Waals surface area contributed by atoms with E-state index in [1.165, 1.54) is 12.1 Å². The quantitative estimate of drug-likeness (QED) is 0.285. The molecule has 30 heavy (non-hydrogen) atoms. The number of hydrogen-bond donors (Lipinski definition) is 1. The molecule has 0 saturated heterocycles. The van der Waals surface area contributed by atoms with Crippen molar-refractivity contribution >= 4 is 17.8 Å². The molecular formula is C22H15NO7. The second-order valence-corrected chi connectivity index (χ2v) is 6.60. The Morgan fingerprint density at radius 2 is 1.53 bits per heavy atom. The van der Waals surface area contributed by atoms with E-state index in [0.29, 0.717) is 0 Å². The maximum atomic E-state index is 12.7. The lowest BCUT2D eigenvalue weighted by Gasteiger charge is -2.14. The fourth-order valence-electron chi connectivity index (χ4n) is 3.73. The molecule has 0 aliphatic heterocycles. The van der Waals surface area contributed by atoms with Gasteiger partial charge in [0.2, 0.25) is 5.75 Å². The summed E-state index contributed by atoms with van der Waals surface area (Å²) < 4.78 is 9.87. The minimum Gasteiger partial charge on any atom is -0.461 e. The summed E-state index contributed by atoms with van der Waals surface area (Å²) in [4.78, 5) is 34.0. The topological polar surface area (TPSA) is 116 Å². The average Bonchev–Trinajstić information content (AvgIpc) is 3.05. The molecule has 1 aliphatic carbocycles. The molecule has 0 bridgehead atoms. The molecule has 8 heteroatoms. The standard InChI is InChI=1S/C22H15NO7/c24-21(17-10-5-11-19(30-22(25)26)20(17)23(27)28)29-12-18-15-8-3-1-6-13(15)14-7-2-4-9-16(14)18/h1-11,18H,12H2,(H,25,26). The number of fused-ring (bicyclic) bond motifs is 3. The minimum absolute atomic E-state index is 0.0198. The van der Waals surface area contributed by atoms with E-state index in [1.807, 2.05) is 48.5 Å². The zero-order valence-corrected chi connectivity index (χ0v) is 15.5. The van der Waals surface area contributed by atoms with Crippen molar-refractivity contribution in [2.75, 3.05) is 6.61 Å². The molecule has 0 atom stereocenters. The molecule has 3 aromatic rings. The van der Waals surface area contributed by atoms with Crippen LogP contribution >= 0.6 is 0 Å². The molecule has 1 N–H and O–H groups in total. The number of nitro benzene ring substituents is 1. The van der Waals surface area contributed by atoms with Crippen LogP contribution in [0.2, 0.25) is 0 Å². The second kappa shape index (κ2) is 7.67. The van der Waals surface area contributed by atoms with Gasteiger partial charge in [0.15, 0.2) is 0 Å². The number of carboxylic acid groups (broad SMARTS) is 1. The van der Waals surface area contributed by atoms with E-state index < -0.39 is 28.5 Å². The van der Waals surface area contributed by atoms with Crippen LogP contribution in [0.5, 0.6) is 5.75 Å². The van der Waals surface area contributed by atoms with Gasteiger partial charge < -0.3 is 14.6 Å². The predicted molar refractivity (Wildman–Crippen MR) is 106 cm³/mol. The third kappa shape index (κ3) is 3.35. The van der Waals surface area contributed by atoms with E-state index in [4.69, 9.17) is 9.84 Å². The highest BCUT2D eigenvalue weighted by molar-refractivity contribution is 5.95. The van der Waals surface area contributed by atoms with Crippen LogP contribution in [-0.4, -0.2) is 28.8 Å². The molecule has 0 fully saturated rings. The summed E-state index contributed by atoms with van der Waals surface area (Å²) in [6.07, 6.45) is -1.72.